The summed E-state index contributed by atoms with van der Waals surface area (Å²) >= 11 is 0. The second-order valence-electron chi connectivity index (χ2n) is 5.58. The second-order valence-corrected chi connectivity index (χ2v) is 5.58. The number of H-pyrrole nitrogens is 1. The summed E-state index contributed by atoms with van der Waals surface area (Å²) in [5.41, 5.74) is 2.49. The van der Waals surface area contributed by atoms with Crippen LogP contribution in [0.1, 0.15) is 31.2 Å². The summed E-state index contributed by atoms with van der Waals surface area (Å²) < 4.78 is 4.77. The van der Waals surface area contributed by atoms with Crippen molar-refractivity contribution >= 4 is 22.9 Å². The SMILES string of the molecule is O=C(CCCCCc1c[nH]c2ccccc12)N1CCOC1=O. The third kappa shape index (κ3) is 3.13. The number of aromatic nitrogens is 1. The Morgan fingerprint density at radius 1 is 1.23 bits per heavy atom. The van der Waals surface area contributed by atoms with Gasteiger partial charge in [-0.3, -0.25) is 4.79 Å². The Morgan fingerprint density at radius 3 is 2.91 bits per heavy atom. The Kier molecular flexibility index (Phi) is 4.42. The van der Waals surface area contributed by atoms with Crippen molar-refractivity contribution in [1.82, 2.24) is 9.88 Å². The smallest absolute Gasteiger partial charge is 0.416 e. The molecule has 0 saturated carbocycles. The lowest BCUT2D eigenvalue weighted by molar-refractivity contribution is -0.127. The molecule has 2 aromatic rings. The number of imide groups is 1. The largest absolute Gasteiger partial charge is 0.447 e. The highest BCUT2D eigenvalue weighted by atomic mass is 16.6. The van der Waals surface area contributed by atoms with E-state index in [9.17, 15) is 9.59 Å². The monoisotopic (exact) mass is 300 g/mol. The summed E-state index contributed by atoms with van der Waals surface area (Å²) in [6.45, 7) is 0.720. The van der Waals surface area contributed by atoms with Crippen LogP contribution >= 0.6 is 0 Å². The van der Waals surface area contributed by atoms with E-state index in [1.165, 1.54) is 21.4 Å². The molecule has 5 heteroatoms. The van der Waals surface area contributed by atoms with Crippen LogP contribution in [0.4, 0.5) is 4.79 Å². The standard InChI is InChI=1S/C17H20N2O3/c20-16(19-10-11-22-17(19)21)9-3-1-2-6-13-12-18-15-8-5-4-7-14(13)15/h4-5,7-8,12,18H,1-3,6,9-11H2. The highest BCUT2D eigenvalue weighted by Gasteiger charge is 2.27. The summed E-state index contributed by atoms with van der Waals surface area (Å²) in [6, 6.07) is 8.28. The van der Waals surface area contributed by atoms with E-state index in [1.807, 2.05) is 12.1 Å². The lowest BCUT2D eigenvalue weighted by atomic mass is 10.1. The van der Waals surface area contributed by atoms with Gasteiger partial charge in [0.05, 0.1) is 6.54 Å². The number of aryl methyl sites for hydroxylation is 1. The number of para-hydroxylation sites is 1. The molecule has 2 amide bonds. The number of hydrogen-bond donors (Lipinski definition) is 1. The molecule has 22 heavy (non-hydrogen) atoms. The zero-order chi connectivity index (χ0) is 15.4. The fraction of sp³-hybridized carbons (Fsp3) is 0.412. The first-order valence-corrected chi connectivity index (χ1v) is 7.78. The van der Waals surface area contributed by atoms with Gasteiger partial charge in [0.2, 0.25) is 5.91 Å². The fourth-order valence-electron chi connectivity index (χ4n) is 2.86. The zero-order valence-electron chi connectivity index (χ0n) is 12.5. The van der Waals surface area contributed by atoms with Crippen LogP contribution in [0.25, 0.3) is 10.9 Å². The third-order valence-corrected chi connectivity index (χ3v) is 4.07. The number of carbonyl (C=O) groups is 2. The van der Waals surface area contributed by atoms with E-state index in [0.29, 0.717) is 19.6 Å². The van der Waals surface area contributed by atoms with Crippen LogP contribution in [-0.4, -0.2) is 35.0 Å². The molecule has 1 saturated heterocycles. The molecule has 0 atom stereocenters. The Hall–Kier alpha value is -2.30. The Bertz CT molecular complexity index is 677. The average molecular weight is 300 g/mol. The van der Waals surface area contributed by atoms with Crippen molar-refractivity contribution in [2.24, 2.45) is 0 Å². The van der Waals surface area contributed by atoms with Crippen molar-refractivity contribution in [3.05, 3.63) is 36.0 Å². The highest BCUT2D eigenvalue weighted by Crippen LogP contribution is 2.20. The lowest BCUT2D eigenvalue weighted by Gasteiger charge is -2.10. The van der Waals surface area contributed by atoms with Gasteiger partial charge >= 0.3 is 6.09 Å². The predicted molar refractivity (Wildman–Crippen MR) is 83.5 cm³/mol. The van der Waals surface area contributed by atoms with E-state index < -0.39 is 6.09 Å². The van der Waals surface area contributed by atoms with Gasteiger partial charge in [-0.05, 0) is 30.9 Å². The van der Waals surface area contributed by atoms with Gasteiger partial charge in [-0.2, -0.15) is 0 Å². The maximum absolute atomic E-state index is 11.8. The molecule has 5 nitrogen and oxygen atoms in total. The van der Waals surface area contributed by atoms with E-state index in [4.69, 9.17) is 4.74 Å². The molecule has 1 aliphatic rings. The molecule has 3 rings (SSSR count). The maximum atomic E-state index is 11.8. The van der Waals surface area contributed by atoms with Crippen LogP contribution in [0.3, 0.4) is 0 Å². The van der Waals surface area contributed by atoms with E-state index >= 15 is 0 Å². The van der Waals surface area contributed by atoms with E-state index in [-0.39, 0.29) is 5.91 Å². The number of amides is 2. The molecule has 0 spiro atoms. The van der Waals surface area contributed by atoms with Crippen LogP contribution in [0, 0.1) is 0 Å². The van der Waals surface area contributed by atoms with Gasteiger partial charge < -0.3 is 9.72 Å². The summed E-state index contributed by atoms with van der Waals surface area (Å²) in [6.07, 6.45) is 5.82. The van der Waals surface area contributed by atoms with Crippen molar-refractivity contribution in [2.45, 2.75) is 32.1 Å². The molecule has 1 aromatic heterocycles. The van der Waals surface area contributed by atoms with Crippen molar-refractivity contribution in [1.29, 1.82) is 0 Å². The minimum Gasteiger partial charge on any atom is -0.447 e. The molecule has 1 aromatic carbocycles. The third-order valence-electron chi connectivity index (χ3n) is 4.07. The molecule has 1 N–H and O–H groups in total. The summed E-state index contributed by atoms with van der Waals surface area (Å²) in [7, 11) is 0. The topological polar surface area (TPSA) is 62.4 Å². The Balaban J connectivity index is 1.40. The van der Waals surface area contributed by atoms with Crippen molar-refractivity contribution in [3.63, 3.8) is 0 Å². The summed E-state index contributed by atoms with van der Waals surface area (Å²) in [5.74, 6) is -0.116. The first-order valence-electron chi connectivity index (χ1n) is 7.78. The highest BCUT2D eigenvalue weighted by molar-refractivity contribution is 5.92. The predicted octanol–water partition coefficient (Wildman–Crippen LogP) is 3.25. The Morgan fingerprint density at radius 2 is 2.09 bits per heavy atom. The molecule has 0 bridgehead atoms. The van der Waals surface area contributed by atoms with Crippen LogP contribution in [0.5, 0.6) is 0 Å². The number of nitrogens with zero attached hydrogens (tertiary/aromatic N) is 1. The number of benzene rings is 1. The summed E-state index contributed by atoms with van der Waals surface area (Å²) in [5, 5.41) is 1.28. The minimum absolute atomic E-state index is 0.116. The Labute approximate surface area is 129 Å². The van der Waals surface area contributed by atoms with Gasteiger partial charge in [-0.1, -0.05) is 24.6 Å². The van der Waals surface area contributed by atoms with Gasteiger partial charge in [0, 0.05) is 23.5 Å². The number of unbranched alkanes of at least 4 members (excludes halogenated alkanes) is 2. The van der Waals surface area contributed by atoms with Crippen LogP contribution in [-0.2, 0) is 16.0 Å². The number of fused-ring (bicyclic) bond motifs is 1. The minimum atomic E-state index is -0.496. The molecule has 1 fully saturated rings. The summed E-state index contributed by atoms with van der Waals surface area (Å²) in [4.78, 5) is 27.6. The zero-order valence-corrected chi connectivity index (χ0v) is 12.5. The van der Waals surface area contributed by atoms with E-state index in [0.717, 1.165) is 25.7 Å². The molecule has 116 valence electrons. The van der Waals surface area contributed by atoms with Gasteiger partial charge in [-0.15, -0.1) is 0 Å². The van der Waals surface area contributed by atoms with Gasteiger partial charge in [0.1, 0.15) is 6.61 Å². The average Bonchev–Trinajstić information content (AvgIpc) is 3.13. The van der Waals surface area contributed by atoms with Gasteiger partial charge in [0.15, 0.2) is 0 Å². The van der Waals surface area contributed by atoms with Crippen molar-refractivity contribution in [3.8, 4) is 0 Å². The van der Waals surface area contributed by atoms with Crippen LogP contribution in [0.2, 0.25) is 0 Å². The first kappa shape index (κ1) is 14.6. The fourth-order valence-corrected chi connectivity index (χ4v) is 2.86. The molecular formula is C17H20N2O3. The second kappa shape index (κ2) is 6.64. The molecule has 2 heterocycles. The number of ether oxygens (including phenoxy) is 1. The number of nitrogens with one attached hydrogen (secondary N) is 1. The quantitative estimate of drug-likeness (QED) is 0.833. The maximum Gasteiger partial charge on any atom is 0.416 e. The normalized spacial score (nSPS) is 14.5. The van der Waals surface area contributed by atoms with Crippen molar-refractivity contribution in [2.75, 3.05) is 13.2 Å². The number of rotatable bonds is 6. The van der Waals surface area contributed by atoms with Gasteiger partial charge in [0.25, 0.3) is 0 Å². The van der Waals surface area contributed by atoms with E-state index in [2.05, 4.69) is 23.3 Å². The van der Waals surface area contributed by atoms with E-state index in [1.54, 1.807) is 0 Å². The molecule has 1 aliphatic heterocycles. The number of hydrogen-bond acceptors (Lipinski definition) is 3. The molecule has 0 aliphatic carbocycles. The number of aromatic amines is 1. The molecule has 0 radical (unpaired) electrons. The molecule has 0 unspecified atom stereocenters. The van der Waals surface area contributed by atoms with Crippen LogP contribution < -0.4 is 0 Å². The van der Waals surface area contributed by atoms with Crippen molar-refractivity contribution < 1.29 is 14.3 Å². The lowest BCUT2D eigenvalue weighted by Crippen LogP contribution is -2.31. The number of cyclic esters (lactones) is 1. The first-order chi connectivity index (χ1) is 10.8. The number of carbonyl (C=O) groups excluding carboxylic acids is 2. The van der Waals surface area contributed by atoms with Gasteiger partial charge in [-0.25, -0.2) is 9.69 Å². The molecular weight excluding hydrogens is 280 g/mol. The van der Waals surface area contributed by atoms with Crippen LogP contribution in [0.15, 0.2) is 30.5 Å².